The van der Waals surface area contributed by atoms with Crippen LogP contribution >= 0.6 is 0 Å². The molecule has 1 unspecified atom stereocenters. The average molecular weight is 167 g/mol. The minimum atomic E-state index is 0.311. The quantitative estimate of drug-likeness (QED) is 0.712. The summed E-state index contributed by atoms with van der Waals surface area (Å²) in [5, 5.41) is 8.79. The second kappa shape index (κ2) is 4.99. The van der Waals surface area contributed by atoms with Crippen molar-refractivity contribution in [3.63, 3.8) is 0 Å². The summed E-state index contributed by atoms with van der Waals surface area (Å²) in [5.41, 5.74) is 0. The summed E-state index contributed by atoms with van der Waals surface area (Å²) >= 11 is 0. The van der Waals surface area contributed by atoms with E-state index in [1.807, 2.05) is 12.1 Å². The maximum absolute atomic E-state index is 8.79. The number of rotatable bonds is 5. The van der Waals surface area contributed by atoms with Gasteiger partial charge in [-0.05, 0) is 30.9 Å². The number of aromatic nitrogens is 1. The lowest BCUT2D eigenvalue weighted by molar-refractivity contribution is 0.226. The molecule has 0 spiro atoms. The van der Waals surface area contributed by atoms with E-state index >= 15 is 0 Å². The van der Waals surface area contributed by atoms with Crippen molar-refractivity contribution in [1.29, 1.82) is 0 Å². The largest absolute Gasteiger partial charge is 0.396 e. The first-order valence-electron chi connectivity index (χ1n) is 4.54. The molecule has 0 radical (unpaired) electrons. The number of nitrogens with zero attached hydrogens (tertiary/aromatic N) is 1. The molecule has 0 aliphatic rings. The van der Waals surface area contributed by atoms with E-state index in [2.05, 4.69) is 23.9 Å². The smallest absolute Gasteiger partial charge is 0.0456 e. The van der Waals surface area contributed by atoms with E-state index in [1.54, 1.807) is 0 Å². The van der Waals surface area contributed by atoms with Crippen molar-refractivity contribution in [2.75, 3.05) is 6.61 Å². The number of aryl methyl sites for hydroxylation is 1. The molecule has 68 valence electrons. The summed E-state index contributed by atoms with van der Waals surface area (Å²) in [6, 6.07) is 4.07. The van der Waals surface area contributed by atoms with E-state index in [9.17, 15) is 0 Å². The second-order valence-corrected chi connectivity index (χ2v) is 3.35. The minimum Gasteiger partial charge on any atom is -0.396 e. The van der Waals surface area contributed by atoms with E-state index in [-0.39, 0.29) is 0 Å². The summed E-state index contributed by atoms with van der Waals surface area (Å²) in [4.78, 5) is 0. The number of aliphatic hydroxyl groups excluding tert-OH is 1. The van der Waals surface area contributed by atoms with Gasteiger partial charge in [-0.2, -0.15) is 0 Å². The van der Waals surface area contributed by atoms with Crippen molar-refractivity contribution in [2.24, 2.45) is 5.92 Å². The van der Waals surface area contributed by atoms with E-state index in [4.69, 9.17) is 5.11 Å². The number of hydrogen-bond donors (Lipinski definition) is 1. The Hall–Kier alpha value is -0.760. The van der Waals surface area contributed by atoms with E-state index < -0.39 is 0 Å². The highest BCUT2D eigenvalue weighted by Crippen LogP contribution is 2.05. The molecule has 0 aliphatic heterocycles. The van der Waals surface area contributed by atoms with Crippen LogP contribution in [0.2, 0.25) is 0 Å². The molecule has 2 heteroatoms. The Labute approximate surface area is 73.8 Å². The monoisotopic (exact) mass is 167 g/mol. The summed E-state index contributed by atoms with van der Waals surface area (Å²) < 4.78 is 2.17. The molecule has 12 heavy (non-hydrogen) atoms. The van der Waals surface area contributed by atoms with Gasteiger partial charge in [0.2, 0.25) is 0 Å². The van der Waals surface area contributed by atoms with Crippen molar-refractivity contribution in [2.45, 2.75) is 26.3 Å². The second-order valence-electron chi connectivity index (χ2n) is 3.35. The van der Waals surface area contributed by atoms with Crippen LogP contribution in [-0.4, -0.2) is 16.3 Å². The van der Waals surface area contributed by atoms with Gasteiger partial charge in [-0.15, -0.1) is 0 Å². The Morgan fingerprint density at radius 3 is 2.58 bits per heavy atom. The molecule has 1 aromatic rings. The van der Waals surface area contributed by atoms with Gasteiger partial charge in [-0.25, -0.2) is 0 Å². The molecule has 1 atom stereocenters. The van der Waals surface area contributed by atoms with Gasteiger partial charge in [0.15, 0.2) is 0 Å². The van der Waals surface area contributed by atoms with Gasteiger partial charge < -0.3 is 9.67 Å². The lowest BCUT2D eigenvalue weighted by atomic mass is 10.1. The van der Waals surface area contributed by atoms with Gasteiger partial charge >= 0.3 is 0 Å². The molecular formula is C10H17NO. The van der Waals surface area contributed by atoms with Crippen molar-refractivity contribution in [3.05, 3.63) is 24.5 Å². The van der Waals surface area contributed by atoms with Gasteiger partial charge in [0, 0.05) is 25.5 Å². The molecular weight excluding hydrogens is 150 g/mol. The maximum Gasteiger partial charge on any atom is 0.0456 e. The number of aliphatic hydroxyl groups is 1. The highest BCUT2D eigenvalue weighted by Gasteiger charge is 1.98. The molecule has 1 aromatic heterocycles. The van der Waals surface area contributed by atoms with Crippen LogP contribution in [0.3, 0.4) is 0 Å². The lowest BCUT2D eigenvalue weighted by Crippen LogP contribution is -2.02. The molecule has 0 amide bonds. The first kappa shape index (κ1) is 9.33. The first-order chi connectivity index (χ1) is 5.83. The Morgan fingerprint density at radius 1 is 1.33 bits per heavy atom. The van der Waals surface area contributed by atoms with Crippen molar-refractivity contribution >= 4 is 0 Å². The molecule has 0 saturated heterocycles. The third-order valence-electron chi connectivity index (χ3n) is 2.09. The Bertz CT molecular complexity index is 194. The van der Waals surface area contributed by atoms with Crippen LogP contribution in [0.5, 0.6) is 0 Å². The van der Waals surface area contributed by atoms with Crippen molar-refractivity contribution in [1.82, 2.24) is 4.57 Å². The van der Waals surface area contributed by atoms with Gasteiger partial charge in [0.05, 0.1) is 0 Å². The molecule has 0 fully saturated rings. The molecule has 2 nitrogen and oxygen atoms in total. The Kier molecular flexibility index (Phi) is 3.88. The minimum absolute atomic E-state index is 0.311. The Balaban J connectivity index is 2.11. The fourth-order valence-electron chi connectivity index (χ4n) is 1.23. The van der Waals surface area contributed by atoms with Crippen LogP contribution in [0.15, 0.2) is 24.5 Å². The van der Waals surface area contributed by atoms with Crippen molar-refractivity contribution < 1.29 is 5.11 Å². The molecule has 0 aliphatic carbocycles. The summed E-state index contributed by atoms with van der Waals surface area (Å²) in [7, 11) is 0. The number of hydrogen-bond acceptors (Lipinski definition) is 1. The highest BCUT2D eigenvalue weighted by molar-refractivity contribution is 4.89. The summed E-state index contributed by atoms with van der Waals surface area (Å²) in [5.74, 6) is 0.445. The topological polar surface area (TPSA) is 25.2 Å². The first-order valence-corrected chi connectivity index (χ1v) is 4.54. The zero-order valence-corrected chi connectivity index (χ0v) is 7.61. The van der Waals surface area contributed by atoms with Gasteiger partial charge in [0.1, 0.15) is 0 Å². The van der Waals surface area contributed by atoms with Gasteiger partial charge in [-0.3, -0.25) is 0 Å². The predicted octanol–water partition coefficient (Wildman–Crippen LogP) is 1.90. The van der Waals surface area contributed by atoms with Crippen LogP contribution in [0, 0.1) is 5.92 Å². The lowest BCUT2D eigenvalue weighted by Gasteiger charge is -2.07. The normalized spacial score (nSPS) is 13.2. The zero-order valence-electron chi connectivity index (χ0n) is 7.61. The molecule has 0 aromatic carbocycles. The van der Waals surface area contributed by atoms with Crippen LogP contribution in [0.4, 0.5) is 0 Å². The predicted molar refractivity (Wildman–Crippen MR) is 49.9 cm³/mol. The fraction of sp³-hybridized carbons (Fsp3) is 0.600. The van der Waals surface area contributed by atoms with Gasteiger partial charge in [0.25, 0.3) is 0 Å². The Morgan fingerprint density at radius 2 is 2.00 bits per heavy atom. The van der Waals surface area contributed by atoms with E-state index in [1.165, 1.54) is 0 Å². The summed E-state index contributed by atoms with van der Waals surface area (Å²) in [6.07, 6.45) is 6.40. The fourth-order valence-corrected chi connectivity index (χ4v) is 1.23. The molecule has 0 saturated carbocycles. The van der Waals surface area contributed by atoms with Crippen LogP contribution < -0.4 is 0 Å². The van der Waals surface area contributed by atoms with E-state index in [0.717, 1.165) is 19.4 Å². The van der Waals surface area contributed by atoms with Gasteiger partial charge in [-0.1, -0.05) is 6.92 Å². The molecule has 0 bridgehead atoms. The van der Waals surface area contributed by atoms with Crippen LogP contribution in [0.1, 0.15) is 19.8 Å². The SMILES string of the molecule is CC(CO)CCCn1cccc1. The molecule has 1 N–H and O–H groups in total. The zero-order chi connectivity index (χ0) is 8.81. The highest BCUT2D eigenvalue weighted by atomic mass is 16.3. The van der Waals surface area contributed by atoms with Crippen LogP contribution in [-0.2, 0) is 6.54 Å². The standard InChI is InChI=1S/C10H17NO/c1-10(9-12)5-4-8-11-6-2-3-7-11/h2-3,6-7,10,12H,4-5,8-9H2,1H3. The third-order valence-corrected chi connectivity index (χ3v) is 2.09. The van der Waals surface area contributed by atoms with Crippen molar-refractivity contribution in [3.8, 4) is 0 Å². The van der Waals surface area contributed by atoms with Crippen LogP contribution in [0.25, 0.3) is 0 Å². The molecule has 1 heterocycles. The third kappa shape index (κ3) is 3.09. The average Bonchev–Trinajstić information content (AvgIpc) is 2.57. The molecule has 1 rings (SSSR count). The van der Waals surface area contributed by atoms with E-state index in [0.29, 0.717) is 12.5 Å². The summed E-state index contributed by atoms with van der Waals surface area (Å²) in [6.45, 7) is 3.46. The maximum atomic E-state index is 8.79.